The van der Waals surface area contributed by atoms with Crippen molar-refractivity contribution in [3.8, 4) is 0 Å². The van der Waals surface area contributed by atoms with Crippen LogP contribution in [-0.2, 0) is 20.9 Å². The Morgan fingerprint density at radius 1 is 1.46 bits per heavy atom. The molecule has 7 nitrogen and oxygen atoms in total. The zero-order chi connectivity index (χ0) is 18.5. The number of rotatable bonds is 6. The van der Waals surface area contributed by atoms with Crippen LogP contribution in [0.15, 0.2) is 24.4 Å². The lowest BCUT2D eigenvalue weighted by Gasteiger charge is -2.43. The summed E-state index contributed by atoms with van der Waals surface area (Å²) in [6, 6.07) is 5.55. The molecule has 2 amide bonds. The highest BCUT2D eigenvalue weighted by atomic mass is 32.1. The summed E-state index contributed by atoms with van der Waals surface area (Å²) in [6.07, 6.45) is 3.71. The average molecular weight is 376 g/mol. The molecule has 140 valence electrons. The number of amides is 2. The lowest BCUT2D eigenvalue weighted by atomic mass is 9.76. The van der Waals surface area contributed by atoms with Crippen LogP contribution in [-0.4, -0.2) is 53.1 Å². The molecule has 0 radical (unpaired) electrons. The van der Waals surface area contributed by atoms with Gasteiger partial charge in [0.25, 0.3) is 0 Å². The maximum Gasteiger partial charge on any atom is 0.233 e. The Morgan fingerprint density at radius 3 is 3.04 bits per heavy atom. The molecule has 1 aromatic heterocycles. The van der Waals surface area contributed by atoms with Crippen LogP contribution < -0.4 is 10.6 Å². The summed E-state index contributed by atoms with van der Waals surface area (Å²) in [7, 11) is 1.60. The summed E-state index contributed by atoms with van der Waals surface area (Å²) < 4.78 is 5.05. The Morgan fingerprint density at radius 2 is 2.31 bits per heavy atom. The third-order valence-electron chi connectivity index (χ3n) is 5.05. The maximum absolute atomic E-state index is 12.7. The van der Waals surface area contributed by atoms with Gasteiger partial charge in [-0.3, -0.25) is 19.5 Å². The smallest absolute Gasteiger partial charge is 0.233 e. The number of nitrogens with zero attached hydrogens (tertiary/aromatic N) is 2. The first-order valence-corrected chi connectivity index (χ1v) is 9.29. The summed E-state index contributed by atoms with van der Waals surface area (Å²) in [6.45, 7) is 1.32. The molecular weight excluding hydrogens is 352 g/mol. The van der Waals surface area contributed by atoms with Crippen molar-refractivity contribution in [3.05, 3.63) is 30.1 Å². The van der Waals surface area contributed by atoms with Crippen LogP contribution >= 0.6 is 12.2 Å². The van der Waals surface area contributed by atoms with Gasteiger partial charge in [0.05, 0.1) is 31.3 Å². The Labute approximate surface area is 158 Å². The molecule has 1 saturated carbocycles. The third kappa shape index (κ3) is 4.19. The molecule has 1 aliphatic carbocycles. The number of pyridine rings is 1. The second-order valence-corrected chi connectivity index (χ2v) is 7.08. The van der Waals surface area contributed by atoms with E-state index < -0.39 is 0 Å². The van der Waals surface area contributed by atoms with E-state index in [1.807, 2.05) is 18.2 Å². The lowest BCUT2D eigenvalue weighted by molar-refractivity contribution is -0.138. The van der Waals surface area contributed by atoms with E-state index >= 15 is 0 Å². The van der Waals surface area contributed by atoms with Gasteiger partial charge in [0.15, 0.2) is 5.11 Å². The third-order valence-corrected chi connectivity index (χ3v) is 5.39. The van der Waals surface area contributed by atoms with Gasteiger partial charge in [-0.15, -0.1) is 0 Å². The van der Waals surface area contributed by atoms with Crippen molar-refractivity contribution >= 4 is 29.1 Å². The van der Waals surface area contributed by atoms with Crippen LogP contribution in [0.2, 0.25) is 0 Å². The van der Waals surface area contributed by atoms with E-state index in [1.54, 1.807) is 18.2 Å². The fraction of sp³-hybridized carbons (Fsp3) is 0.556. The van der Waals surface area contributed by atoms with Crippen LogP contribution in [0.4, 0.5) is 0 Å². The summed E-state index contributed by atoms with van der Waals surface area (Å²) in [4.78, 5) is 31.0. The maximum atomic E-state index is 12.7. The van der Waals surface area contributed by atoms with E-state index in [-0.39, 0.29) is 29.7 Å². The highest BCUT2D eigenvalue weighted by molar-refractivity contribution is 7.80. The van der Waals surface area contributed by atoms with Crippen LogP contribution in [0.3, 0.4) is 0 Å². The minimum Gasteiger partial charge on any atom is -0.383 e. The van der Waals surface area contributed by atoms with Gasteiger partial charge in [-0.25, -0.2) is 0 Å². The number of methoxy groups -OCH3 is 1. The van der Waals surface area contributed by atoms with Crippen molar-refractivity contribution in [2.24, 2.45) is 11.8 Å². The quantitative estimate of drug-likeness (QED) is 0.716. The zero-order valence-electron chi connectivity index (χ0n) is 14.8. The largest absolute Gasteiger partial charge is 0.383 e. The van der Waals surface area contributed by atoms with Gasteiger partial charge in [-0.2, -0.15) is 0 Å². The van der Waals surface area contributed by atoms with Crippen molar-refractivity contribution in [3.63, 3.8) is 0 Å². The Bertz CT molecular complexity index is 670. The monoisotopic (exact) mass is 376 g/mol. The van der Waals surface area contributed by atoms with Gasteiger partial charge in [0.1, 0.15) is 0 Å². The number of fused-ring (bicyclic) bond motifs is 1. The van der Waals surface area contributed by atoms with Crippen molar-refractivity contribution in [1.82, 2.24) is 20.5 Å². The fourth-order valence-electron chi connectivity index (χ4n) is 3.62. The molecule has 26 heavy (non-hydrogen) atoms. The van der Waals surface area contributed by atoms with E-state index in [1.165, 1.54) is 0 Å². The molecule has 3 unspecified atom stereocenters. The molecule has 0 aromatic carbocycles. The summed E-state index contributed by atoms with van der Waals surface area (Å²) >= 11 is 5.33. The van der Waals surface area contributed by atoms with Crippen LogP contribution in [0.25, 0.3) is 0 Å². The molecule has 8 heteroatoms. The molecule has 0 bridgehead atoms. The molecule has 0 spiro atoms. The van der Waals surface area contributed by atoms with Gasteiger partial charge < -0.3 is 15.4 Å². The predicted octanol–water partition coefficient (Wildman–Crippen LogP) is 0.846. The zero-order valence-corrected chi connectivity index (χ0v) is 15.6. The molecule has 2 aliphatic rings. The number of carbonyl (C=O) groups excluding carboxylic acids is 2. The minimum absolute atomic E-state index is 0.0103. The molecule has 1 aromatic rings. The second kappa shape index (κ2) is 8.55. The number of ether oxygens (including phenoxy) is 1. The highest BCUT2D eigenvalue weighted by Crippen LogP contribution is 2.33. The molecule has 3 rings (SSSR count). The number of thiocarbonyl (C=S) groups is 1. The first-order chi connectivity index (χ1) is 12.6. The van der Waals surface area contributed by atoms with Crippen LogP contribution in [0.5, 0.6) is 0 Å². The van der Waals surface area contributed by atoms with Gasteiger partial charge in [-0.05, 0) is 43.6 Å². The van der Waals surface area contributed by atoms with Gasteiger partial charge in [0, 0.05) is 25.3 Å². The van der Waals surface area contributed by atoms with Crippen LogP contribution in [0, 0.1) is 11.8 Å². The van der Waals surface area contributed by atoms with Gasteiger partial charge in [0.2, 0.25) is 11.8 Å². The standard InChI is InChI=1S/C18H24N4O3S/c1-25-9-8-22-17(24)14-6-5-12(10-15(14)21-18(22)26)16(23)20-11-13-4-2-3-7-19-13/h2-4,7,12,14-15H,5-6,8-11H2,1H3,(H,20,23)(H,21,26). The Hall–Kier alpha value is -2.06. The average Bonchev–Trinajstić information content (AvgIpc) is 2.66. The first kappa shape index (κ1) is 18.7. The van der Waals surface area contributed by atoms with Gasteiger partial charge >= 0.3 is 0 Å². The summed E-state index contributed by atoms with van der Waals surface area (Å²) in [5, 5.41) is 6.64. The van der Waals surface area contributed by atoms with E-state index in [4.69, 9.17) is 17.0 Å². The molecule has 3 atom stereocenters. The summed E-state index contributed by atoms with van der Waals surface area (Å²) in [5.41, 5.74) is 0.829. The summed E-state index contributed by atoms with van der Waals surface area (Å²) in [5.74, 6) is -0.189. The topological polar surface area (TPSA) is 83.6 Å². The number of nitrogens with one attached hydrogen (secondary N) is 2. The van der Waals surface area contributed by atoms with E-state index in [9.17, 15) is 9.59 Å². The SMILES string of the molecule is COCCN1C(=O)C2CCC(C(=O)NCc3ccccn3)CC2NC1=S. The molecule has 2 N–H and O–H groups in total. The van der Waals surface area contributed by atoms with E-state index in [2.05, 4.69) is 15.6 Å². The predicted molar refractivity (Wildman–Crippen MR) is 100 cm³/mol. The molecule has 2 fully saturated rings. The van der Waals surface area contributed by atoms with E-state index in [0.29, 0.717) is 44.1 Å². The first-order valence-electron chi connectivity index (χ1n) is 8.88. The van der Waals surface area contributed by atoms with Crippen molar-refractivity contribution in [2.45, 2.75) is 31.8 Å². The number of carbonyl (C=O) groups is 2. The molecular formula is C18H24N4O3S. The lowest BCUT2D eigenvalue weighted by Crippen LogP contribution is -2.62. The molecule has 1 aliphatic heterocycles. The van der Waals surface area contributed by atoms with Crippen LogP contribution in [0.1, 0.15) is 25.0 Å². The van der Waals surface area contributed by atoms with Crippen molar-refractivity contribution < 1.29 is 14.3 Å². The Kier molecular flexibility index (Phi) is 6.16. The van der Waals surface area contributed by atoms with Gasteiger partial charge in [-0.1, -0.05) is 6.07 Å². The number of hydrogen-bond acceptors (Lipinski definition) is 5. The Balaban J connectivity index is 1.55. The normalized spacial score (nSPS) is 25.4. The van der Waals surface area contributed by atoms with Crippen molar-refractivity contribution in [2.75, 3.05) is 20.3 Å². The minimum atomic E-state index is -0.126. The van der Waals surface area contributed by atoms with E-state index in [0.717, 1.165) is 5.69 Å². The fourth-order valence-corrected chi connectivity index (χ4v) is 3.95. The second-order valence-electron chi connectivity index (χ2n) is 6.69. The van der Waals surface area contributed by atoms with Crippen molar-refractivity contribution in [1.29, 1.82) is 0 Å². The highest BCUT2D eigenvalue weighted by Gasteiger charge is 2.43. The molecule has 1 saturated heterocycles. The number of aromatic nitrogens is 1. The molecule has 2 heterocycles. The number of hydrogen-bond donors (Lipinski definition) is 2.